The Morgan fingerprint density at radius 2 is 1.45 bits per heavy atom. The van der Waals surface area contributed by atoms with Gasteiger partial charge in [-0.25, -0.2) is 0 Å². The van der Waals surface area contributed by atoms with Gasteiger partial charge in [-0.3, -0.25) is 4.79 Å². The molecule has 4 heteroatoms. The van der Waals surface area contributed by atoms with Crippen LogP contribution in [0.25, 0.3) is 17.8 Å². The number of nitrogens with zero attached hydrogens (tertiary/aromatic N) is 1. The molecule has 4 nitrogen and oxygen atoms in total. The van der Waals surface area contributed by atoms with Crippen LogP contribution in [-0.4, -0.2) is 37.1 Å². The lowest BCUT2D eigenvalue weighted by Gasteiger charge is -2.26. The second kappa shape index (κ2) is 10.4. The molecule has 0 unspecified atom stereocenters. The van der Waals surface area contributed by atoms with Gasteiger partial charge in [0.2, 0.25) is 5.91 Å². The average molecular weight is 411 g/mol. The molecule has 0 saturated carbocycles. The minimum atomic E-state index is -0.00744. The van der Waals surface area contributed by atoms with Crippen molar-refractivity contribution in [3.05, 3.63) is 108 Å². The fourth-order valence-corrected chi connectivity index (χ4v) is 3.46. The number of para-hydroxylation sites is 1. The van der Waals surface area contributed by atoms with E-state index in [0.717, 1.165) is 28.1 Å². The van der Waals surface area contributed by atoms with E-state index in [0.29, 0.717) is 26.3 Å². The van der Waals surface area contributed by atoms with Crippen molar-refractivity contribution in [1.29, 1.82) is 0 Å². The Kier molecular flexibility index (Phi) is 6.93. The molecule has 1 fully saturated rings. The van der Waals surface area contributed by atoms with Crippen molar-refractivity contribution in [1.82, 2.24) is 4.90 Å². The van der Waals surface area contributed by atoms with E-state index in [9.17, 15) is 4.79 Å². The molecule has 0 atom stereocenters. The maximum atomic E-state index is 12.9. The summed E-state index contributed by atoms with van der Waals surface area (Å²) in [6.07, 6.45) is 5.87. The van der Waals surface area contributed by atoms with Gasteiger partial charge >= 0.3 is 0 Å². The van der Waals surface area contributed by atoms with E-state index in [1.807, 2.05) is 71.6 Å². The normalized spacial score (nSPS) is 14.6. The molecule has 0 aliphatic carbocycles. The predicted molar refractivity (Wildman–Crippen MR) is 127 cm³/mol. The summed E-state index contributed by atoms with van der Waals surface area (Å²) in [6.45, 7) is 2.41. The van der Waals surface area contributed by atoms with Crippen LogP contribution in [0.1, 0.15) is 16.7 Å². The molecule has 0 spiro atoms. The molecule has 1 heterocycles. The first-order valence-electron chi connectivity index (χ1n) is 10.5. The van der Waals surface area contributed by atoms with Crippen LogP contribution in [0.4, 0.5) is 5.69 Å². The van der Waals surface area contributed by atoms with Gasteiger partial charge in [0.15, 0.2) is 0 Å². The summed E-state index contributed by atoms with van der Waals surface area (Å²) >= 11 is 0. The molecule has 0 aromatic heterocycles. The Morgan fingerprint density at radius 1 is 0.806 bits per heavy atom. The lowest BCUT2D eigenvalue weighted by atomic mass is 10.1. The number of nitrogens with one attached hydrogen (secondary N) is 1. The van der Waals surface area contributed by atoms with Gasteiger partial charge in [-0.05, 0) is 22.8 Å². The second-order valence-electron chi connectivity index (χ2n) is 7.32. The molecule has 156 valence electrons. The number of carbonyl (C=O) groups is 1. The van der Waals surface area contributed by atoms with Gasteiger partial charge in [0.25, 0.3) is 0 Å². The van der Waals surface area contributed by atoms with Crippen LogP contribution < -0.4 is 5.32 Å². The number of anilines is 1. The summed E-state index contributed by atoms with van der Waals surface area (Å²) in [4.78, 5) is 14.7. The van der Waals surface area contributed by atoms with E-state index in [1.54, 1.807) is 6.08 Å². The van der Waals surface area contributed by atoms with E-state index >= 15 is 0 Å². The molecule has 1 aliphatic heterocycles. The molecule has 1 aliphatic rings. The Bertz CT molecular complexity index is 1050. The summed E-state index contributed by atoms with van der Waals surface area (Å²) in [5.74, 6) is -0.00744. The van der Waals surface area contributed by atoms with Crippen LogP contribution in [0.2, 0.25) is 0 Å². The first-order chi connectivity index (χ1) is 15.3. The van der Waals surface area contributed by atoms with Crippen LogP contribution in [0.15, 0.2) is 91.0 Å². The van der Waals surface area contributed by atoms with Gasteiger partial charge in [-0.15, -0.1) is 0 Å². The third kappa shape index (κ3) is 5.71. The van der Waals surface area contributed by atoms with Crippen LogP contribution in [0, 0.1) is 0 Å². The molecule has 1 N–H and O–H groups in total. The van der Waals surface area contributed by atoms with Crippen LogP contribution in [0.3, 0.4) is 0 Å². The van der Waals surface area contributed by atoms with Crippen LogP contribution in [0.5, 0.6) is 0 Å². The number of ether oxygens (including phenoxy) is 1. The zero-order valence-electron chi connectivity index (χ0n) is 17.4. The van der Waals surface area contributed by atoms with Crippen molar-refractivity contribution in [2.75, 3.05) is 31.6 Å². The predicted octanol–water partition coefficient (Wildman–Crippen LogP) is 5.17. The van der Waals surface area contributed by atoms with Gasteiger partial charge in [-0.1, -0.05) is 91.0 Å². The van der Waals surface area contributed by atoms with Crippen molar-refractivity contribution in [2.45, 2.75) is 0 Å². The van der Waals surface area contributed by atoms with Crippen molar-refractivity contribution in [2.24, 2.45) is 0 Å². The first-order valence-corrected chi connectivity index (χ1v) is 10.5. The summed E-state index contributed by atoms with van der Waals surface area (Å²) in [7, 11) is 0. The zero-order chi connectivity index (χ0) is 21.3. The number of carbonyl (C=O) groups excluding carboxylic acids is 1. The topological polar surface area (TPSA) is 41.6 Å². The SMILES string of the molecule is O=C(/C=C(\Nc1ccccc1/C=C/c1ccccc1)c1ccccc1)N1CCOCC1. The Morgan fingerprint density at radius 3 is 2.19 bits per heavy atom. The maximum absolute atomic E-state index is 12.9. The minimum absolute atomic E-state index is 0.00744. The zero-order valence-corrected chi connectivity index (χ0v) is 17.4. The molecule has 0 radical (unpaired) electrons. The third-order valence-electron chi connectivity index (χ3n) is 5.16. The Labute approximate surface area is 183 Å². The van der Waals surface area contributed by atoms with Gasteiger partial charge in [-0.2, -0.15) is 0 Å². The Balaban J connectivity index is 1.62. The van der Waals surface area contributed by atoms with E-state index in [2.05, 4.69) is 35.7 Å². The standard InChI is InChI=1S/C27H26N2O2/c30-27(29-17-19-31-20-18-29)21-26(23-11-5-2-6-12-23)28-25-14-8-7-13-24(25)16-15-22-9-3-1-4-10-22/h1-16,21,28H,17-20H2/b16-15+,26-21-. The van der Waals surface area contributed by atoms with E-state index in [4.69, 9.17) is 4.74 Å². The lowest BCUT2D eigenvalue weighted by molar-refractivity contribution is -0.129. The monoisotopic (exact) mass is 410 g/mol. The first kappa shape index (κ1) is 20.6. The fraction of sp³-hybridized carbons (Fsp3) is 0.148. The van der Waals surface area contributed by atoms with Gasteiger partial charge in [0, 0.05) is 24.9 Å². The quantitative estimate of drug-likeness (QED) is 0.450. The number of hydrogen-bond acceptors (Lipinski definition) is 3. The highest BCUT2D eigenvalue weighted by Crippen LogP contribution is 2.24. The largest absolute Gasteiger partial charge is 0.378 e. The smallest absolute Gasteiger partial charge is 0.248 e. The molecule has 3 aromatic carbocycles. The van der Waals surface area contributed by atoms with E-state index < -0.39 is 0 Å². The van der Waals surface area contributed by atoms with Crippen LogP contribution >= 0.6 is 0 Å². The molecular weight excluding hydrogens is 384 g/mol. The number of rotatable bonds is 6. The highest BCUT2D eigenvalue weighted by atomic mass is 16.5. The van der Waals surface area contributed by atoms with Gasteiger partial charge < -0.3 is 15.0 Å². The lowest BCUT2D eigenvalue weighted by Crippen LogP contribution is -2.40. The second-order valence-corrected chi connectivity index (χ2v) is 7.32. The minimum Gasteiger partial charge on any atom is -0.378 e. The fourth-order valence-electron chi connectivity index (χ4n) is 3.46. The molecule has 0 bridgehead atoms. The molecule has 1 amide bonds. The number of benzene rings is 3. The summed E-state index contributed by atoms with van der Waals surface area (Å²) in [5, 5.41) is 3.50. The molecule has 31 heavy (non-hydrogen) atoms. The number of morpholine rings is 1. The highest BCUT2D eigenvalue weighted by Gasteiger charge is 2.16. The van der Waals surface area contributed by atoms with Crippen molar-refractivity contribution >= 4 is 29.4 Å². The van der Waals surface area contributed by atoms with Gasteiger partial charge in [0.05, 0.1) is 18.9 Å². The van der Waals surface area contributed by atoms with Crippen molar-refractivity contribution in [3.8, 4) is 0 Å². The van der Waals surface area contributed by atoms with Crippen LogP contribution in [-0.2, 0) is 9.53 Å². The average Bonchev–Trinajstić information content (AvgIpc) is 2.85. The third-order valence-corrected chi connectivity index (χ3v) is 5.16. The number of amides is 1. The molecule has 1 saturated heterocycles. The number of hydrogen-bond donors (Lipinski definition) is 1. The summed E-state index contributed by atoms with van der Waals surface area (Å²) < 4.78 is 5.38. The Hall–Kier alpha value is -3.63. The molecule has 3 aromatic rings. The van der Waals surface area contributed by atoms with Crippen molar-refractivity contribution in [3.63, 3.8) is 0 Å². The van der Waals surface area contributed by atoms with E-state index in [-0.39, 0.29) is 5.91 Å². The highest BCUT2D eigenvalue weighted by molar-refractivity contribution is 5.98. The van der Waals surface area contributed by atoms with Crippen molar-refractivity contribution < 1.29 is 9.53 Å². The van der Waals surface area contributed by atoms with Gasteiger partial charge in [0.1, 0.15) is 0 Å². The maximum Gasteiger partial charge on any atom is 0.248 e. The summed E-state index contributed by atoms with van der Waals surface area (Å²) in [6, 6.07) is 28.2. The van der Waals surface area contributed by atoms with E-state index in [1.165, 1.54) is 0 Å². The molecule has 4 rings (SSSR count). The molecular formula is C27H26N2O2. The summed E-state index contributed by atoms with van der Waals surface area (Å²) in [5.41, 5.74) is 4.87.